The number of carboxylic acid groups (broad SMARTS) is 1. The van der Waals surface area contributed by atoms with E-state index in [0.29, 0.717) is 25.7 Å². The van der Waals surface area contributed by atoms with Crippen LogP contribution < -0.4 is 0 Å². The topological polar surface area (TPSA) is 175 Å². The van der Waals surface area contributed by atoms with Crippen molar-refractivity contribution in [3.8, 4) is 0 Å². The molecule has 0 amide bonds. The highest BCUT2D eigenvalue weighted by Crippen LogP contribution is 2.26. The molecule has 0 radical (unpaired) electrons. The number of hydrogen-bond acceptors (Lipinski definition) is 11. The summed E-state index contributed by atoms with van der Waals surface area (Å²) < 4.78 is 28.5. The van der Waals surface area contributed by atoms with E-state index in [1.165, 1.54) is 57.8 Å². The van der Waals surface area contributed by atoms with Crippen molar-refractivity contribution >= 4 is 23.9 Å². The van der Waals surface area contributed by atoms with Crippen molar-refractivity contribution in [3.63, 3.8) is 0 Å². The third-order valence-electron chi connectivity index (χ3n) is 14.2. The highest BCUT2D eigenvalue weighted by atomic mass is 16.7. The lowest BCUT2D eigenvalue weighted by atomic mass is 9.98. The van der Waals surface area contributed by atoms with E-state index in [9.17, 15) is 34.5 Å². The summed E-state index contributed by atoms with van der Waals surface area (Å²) >= 11 is 0. The normalized spacial score (nSPS) is 18.3. The molecule has 1 rings (SSSR count). The van der Waals surface area contributed by atoms with Crippen LogP contribution in [0.5, 0.6) is 0 Å². The minimum Gasteiger partial charge on any atom is -0.479 e. The SMILES string of the molecule is CC/C=C\C/C=C\C/C=C\C/C=C\C/C=C\C/C=C\CCC(=O)OC1C(OCC(COC(=O)CCCCCCCC/C=C\C/C=C\C/C=C\C/C=C\CC)OC(=O)CCCCCCCCC/C=C\CCCCCCCC)OC(C(=O)O)C(O)C1O. The maximum atomic E-state index is 13.2. The van der Waals surface area contributed by atoms with Gasteiger partial charge in [0.2, 0.25) is 0 Å². The van der Waals surface area contributed by atoms with Crippen molar-refractivity contribution in [2.24, 2.45) is 0 Å². The quantitative estimate of drug-likeness (QED) is 0.0228. The lowest BCUT2D eigenvalue weighted by Gasteiger charge is -2.40. The lowest BCUT2D eigenvalue weighted by Crippen LogP contribution is -2.61. The Labute approximate surface area is 515 Å². The van der Waals surface area contributed by atoms with Gasteiger partial charge < -0.3 is 39.0 Å². The van der Waals surface area contributed by atoms with Crippen LogP contribution in [0, 0.1) is 0 Å². The molecular weight excluding hydrogens is 1070 g/mol. The number of rotatable bonds is 55. The third kappa shape index (κ3) is 48.6. The van der Waals surface area contributed by atoms with Crippen LogP contribution in [0.25, 0.3) is 0 Å². The van der Waals surface area contributed by atoms with Crippen LogP contribution in [-0.2, 0) is 42.9 Å². The second-order valence-electron chi connectivity index (χ2n) is 22.0. The Kier molecular flexibility index (Phi) is 54.2. The van der Waals surface area contributed by atoms with E-state index < -0.39 is 67.3 Å². The van der Waals surface area contributed by atoms with E-state index in [-0.39, 0.29) is 25.9 Å². The Morgan fingerprint density at radius 2 is 0.765 bits per heavy atom. The minimum atomic E-state index is -1.94. The number of unbranched alkanes of at least 4 members (excludes halogenated alkanes) is 19. The first-order valence-corrected chi connectivity index (χ1v) is 33.2. The Balaban J connectivity index is 2.72. The Morgan fingerprint density at radius 3 is 1.19 bits per heavy atom. The van der Waals surface area contributed by atoms with E-state index in [0.717, 1.165) is 128 Å². The van der Waals surface area contributed by atoms with Crippen LogP contribution in [0.4, 0.5) is 0 Å². The molecule has 12 nitrogen and oxygen atoms in total. The van der Waals surface area contributed by atoms with Crippen LogP contribution in [-0.4, -0.2) is 89.2 Å². The van der Waals surface area contributed by atoms with E-state index in [1.807, 2.05) is 18.2 Å². The van der Waals surface area contributed by atoms with Gasteiger partial charge in [0, 0.05) is 19.3 Å². The maximum absolute atomic E-state index is 13.2. The van der Waals surface area contributed by atoms with E-state index in [1.54, 1.807) is 0 Å². The van der Waals surface area contributed by atoms with Gasteiger partial charge in [0.1, 0.15) is 18.8 Å². The average Bonchev–Trinajstić information content (AvgIpc) is 2.79. The molecule has 0 aromatic rings. The monoisotopic (exact) mass is 1180 g/mol. The summed E-state index contributed by atoms with van der Waals surface area (Å²) in [6.45, 7) is 5.73. The second-order valence-corrected chi connectivity index (χ2v) is 22.0. The molecular formula is C73H116O12. The van der Waals surface area contributed by atoms with Gasteiger partial charge in [-0.25, -0.2) is 4.79 Å². The number of aliphatic hydroxyl groups excluding tert-OH is 2. The number of hydrogen-bond donors (Lipinski definition) is 3. The molecule has 0 spiro atoms. The van der Waals surface area contributed by atoms with E-state index >= 15 is 0 Å². The third-order valence-corrected chi connectivity index (χ3v) is 14.2. The number of aliphatic carboxylic acids is 1. The number of aliphatic hydroxyl groups is 2. The van der Waals surface area contributed by atoms with Crippen molar-refractivity contribution < 1.29 is 58.2 Å². The summed E-state index contributed by atoms with van der Waals surface area (Å²) in [4.78, 5) is 51.4. The number of carboxylic acids is 1. The van der Waals surface area contributed by atoms with Gasteiger partial charge in [0.05, 0.1) is 6.61 Å². The fourth-order valence-electron chi connectivity index (χ4n) is 9.20. The van der Waals surface area contributed by atoms with Gasteiger partial charge in [-0.2, -0.15) is 0 Å². The molecule has 1 heterocycles. The van der Waals surface area contributed by atoms with Crippen molar-refractivity contribution in [2.45, 2.75) is 289 Å². The lowest BCUT2D eigenvalue weighted by molar-refractivity contribution is -0.301. The second kappa shape index (κ2) is 59.2. The molecule has 3 N–H and O–H groups in total. The number of allylic oxidation sites excluding steroid dienone is 22. The minimum absolute atomic E-state index is 0.0730. The molecule has 0 aromatic heterocycles. The molecule has 480 valence electrons. The zero-order valence-electron chi connectivity index (χ0n) is 53.1. The predicted octanol–water partition coefficient (Wildman–Crippen LogP) is 18.1. The van der Waals surface area contributed by atoms with Gasteiger partial charge in [-0.1, -0.05) is 244 Å². The smallest absolute Gasteiger partial charge is 0.335 e. The summed E-state index contributed by atoms with van der Waals surface area (Å²) in [7, 11) is 0. The number of carbonyl (C=O) groups excluding carboxylic acids is 3. The molecule has 1 fully saturated rings. The van der Waals surface area contributed by atoms with Gasteiger partial charge in [-0.15, -0.1) is 0 Å². The van der Waals surface area contributed by atoms with Gasteiger partial charge in [-0.05, 0) is 122 Å². The van der Waals surface area contributed by atoms with Gasteiger partial charge in [0.25, 0.3) is 0 Å². The first-order valence-electron chi connectivity index (χ1n) is 33.2. The van der Waals surface area contributed by atoms with E-state index in [2.05, 4.69) is 136 Å². The first kappa shape index (κ1) is 77.9. The van der Waals surface area contributed by atoms with Crippen LogP contribution >= 0.6 is 0 Å². The molecule has 1 aliphatic rings. The van der Waals surface area contributed by atoms with Crippen LogP contribution in [0.15, 0.2) is 134 Å². The van der Waals surface area contributed by atoms with Gasteiger partial charge in [-0.3, -0.25) is 14.4 Å². The highest BCUT2D eigenvalue weighted by Gasteiger charge is 2.50. The van der Waals surface area contributed by atoms with Gasteiger partial charge >= 0.3 is 23.9 Å². The zero-order valence-corrected chi connectivity index (χ0v) is 53.1. The van der Waals surface area contributed by atoms with Crippen LogP contribution in [0.2, 0.25) is 0 Å². The maximum Gasteiger partial charge on any atom is 0.335 e. The van der Waals surface area contributed by atoms with Crippen molar-refractivity contribution in [1.29, 1.82) is 0 Å². The zero-order chi connectivity index (χ0) is 61.7. The van der Waals surface area contributed by atoms with E-state index in [4.69, 9.17) is 23.7 Å². The molecule has 85 heavy (non-hydrogen) atoms. The largest absolute Gasteiger partial charge is 0.479 e. The average molecular weight is 1190 g/mol. The molecule has 6 unspecified atom stereocenters. The standard InChI is InChI=1S/C73H116O12/c1-4-7-10-13-16-19-22-25-28-31-33-36-38-41-44-47-50-53-56-59-65(74)81-62-64(83-66(75)60-57-54-51-48-45-42-39-35-30-27-24-21-18-15-12-9-6-3)63-82-73-71(69(78)68(77)70(85-73)72(79)80)84-67(76)61-58-55-52-49-46-43-40-37-34-32-29-26-23-20-17-14-11-8-5-2/h7-8,10-11,16-17,19-20,25-30,33-34,36-37,43,46,52,55,64,68-71,73,77-78H,4-6,9,12-15,18,21-24,31-32,35,38-42,44-45,47-51,53-54,56-63H2,1-3H3,(H,79,80)/b10-7-,11-8-,19-16-,20-17-,28-25-,29-26-,30-27-,36-33-,37-34-,46-43-,55-52-. The number of carbonyl (C=O) groups is 4. The molecule has 0 saturated carbocycles. The molecule has 1 saturated heterocycles. The molecule has 0 aliphatic carbocycles. The molecule has 6 atom stereocenters. The first-order chi connectivity index (χ1) is 41.6. The van der Waals surface area contributed by atoms with Crippen molar-refractivity contribution in [1.82, 2.24) is 0 Å². The summed E-state index contributed by atoms with van der Waals surface area (Å²) in [5, 5.41) is 31.6. The van der Waals surface area contributed by atoms with Crippen LogP contribution in [0.1, 0.15) is 252 Å². The van der Waals surface area contributed by atoms with Crippen molar-refractivity contribution in [2.75, 3.05) is 13.2 Å². The van der Waals surface area contributed by atoms with Crippen molar-refractivity contribution in [3.05, 3.63) is 134 Å². The fraction of sp³-hybridized carbons (Fsp3) is 0.644. The Bertz CT molecular complexity index is 1990. The molecule has 0 aromatic carbocycles. The number of ether oxygens (including phenoxy) is 5. The summed E-state index contributed by atoms with van der Waals surface area (Å²) in [6, 6.07) is 0. The Hall–Kier alpha value is -5.14. The number of esters is 3. The predicted molar refractivity (Wildman–Crippen MR) is 349 cm³/mol. The molecule has 0 bridgehead atoms. The summed E-state index contributed by atoms with van der Waals surface area (Å²) in [6.07, 6.45) is 71.3. The summed E-state index contributed by atoms with van der Waals surface area (Å²) in [5.74, 6) is -3.26. The molecule has 1 aliphatic heterocycles. The Morgan fingerprint density at radius 1 is 0.400 bits per heavy atom. The summed E-state index contributed by atoms with van der Waals surface area (Å²) in [5.41, 5.74) is 0. The molecule has 12 heteroatoms. The van der Waals surface area contributed by atoms with Gasteiger partial charge in [0.15, 0.2) is 24.6 Å². The fourth-order valence-corrected chi connectivity index (χ4v) is 9.20. The highest BCUT2D eigenvalue weighted by molar-refractivity contribution is 5.74. The van der Waals surface area contributed by atoms with Crippen LogP contribution in [0.3, 0.4) is 0 Å².